The molecular formula is C7H10F3N. The molecule has 64 valence electrons. The molecule has 2 fully saturated rings. The molecule has 1 spiro atoms. The van der Waals surface area contributed by atoms with Crippen LogP contribution in [0.15, 0.2) is 0 Å². The van der Waals surface area contributed by atoms with E-state index in [4.69, 9.17) is 0 Å². The Morgan fingerprint density at radius 1 is 1.27 bits per heavy atom. The van der Waals surface area contributed by atoms with Gasteiger partial charge >= 0.3 is 6.18 Å². The fourth-order valence-electron chi connectivity index (χ4n) is 2.08. The molecule has 1 aliphatic heterocycles. The highest BCUT2D eigenvalue weighted by molar-refractivity contribution is 5.06. The Labute approximate surface area is 63.0 Å². The third kappa shape index (κ3) is 0.883. The Bertz CT molecular complexity index is 166. The maximum atomic E-state index is 12.2. The van der Waals surface area contributed by atoms with Crippen molar-refractivity contribution in [2.45, 2.75) is 19.0 Å². The first-order chi connectivity index (χ1) is 5.05. The number of hydrogen-bond donors (Lipinski definition) is 1. The molecule has 1 N–H and O–H groups in total. The molecule has 1 saturated carbocycles. The monoisotopic (exact) mass is 165 g/mol. The van der Waals surface area contributed by atoms with Gasteiger partial charge in [0.15, 0.2) is 0 Å². The van der Waals surface area contributed by atoms with Gasteiger partial charge in [0.2, 0.25) is 0 Å². The second-order valence-electron chi connectivity index (χ2n) is 3.60. The van der Waals surface area contributed by atoms with Gasteiger partial charge in [-0.25, -0.2) is 0 Å². The van der Waals surface area contributed by atoms with Crippen LogP contribution in [0.25, 0.3) is 0 Å². The summed E-state index contributed by atoms with van der Waals surface area (Å²) in [6, 6.07) is 0. The fraction of sp³-hybridized carbons (Fsp3) is 1.00. The van der Waals surface area contributed by atoms with Crippen molar-refractivity contribution in [3.63, 3.8) is 0 Å². The molecule has 0 aromatic carbocycles. The van der Waals surface area contributed by atoms with E-state index in [1.165, 1.54) is 0 Å². The van der Waals surface area contributed by atoms with Crippen molar-refractivity contribution in [2.75, 3.05) is 13.1 Å². The van der Waals surface area contributed by atoms with Crippen LogP contribution in [0.3, 0.4) is 0 Å². The van der Waals surface area contributed by atoms with Crippen molar-refractivity contribution in [1.82, 2.24) is 5.32 Å². The minimum atomic E-state index is -3.96. The first-order valence-electron chi connectivity index (χ1n) is 3.82. The molecule has 1 unspecified atom stereocenters. The molecule has 0 bridgehead atoms. The Hall–Kier alpha value is -0.250. The van der Waals surface area contributed by atoms with Gasteiger partial charge in [-0.15, -0.1) is 0 Å². The zero-order valence-electron chi connectivity index (χ0n) is 6.04. The third-order valence-electron chi connectivity index (χ3n) is 3.02. The molecule has 2 rings (SSSR count). The lowest BCUT2D eigenvalue weighted by Gasteiger charge is -2.56. The summed E-state index contributed by atoms with van der Waals surface area (Å²) in [4.78, 5) is 0. The van der Waals surface area contributed by atoms with Gasteiger partial charge in [-0.05, 0) is 12.8 Å². The van der Waals surface area contributed by atoms with Gasteiger partial charge < -0.3 is 5.32 Å². The second-order valence-corrected chi connectivity index (χ2v) is 3.60. The molecule has 1 nitrogen and oxygen atoms in total. The van der Waals surface area contributed by atoms with E-state index in [1.54, 1.807) is 0 Å². The summed E-state index contributed by atoms with van der Waals surface area (Å²) in [7, 11) is 0. The van der Waals surface area contributed by atoms with Gasteiger partial charge in [0, 0.05) is 18.5 Å². The smallest absolute Gasteiger partial charge is 0.315 e. The highest BCUT2D eigenvalue weighted by Crippen LogP contribution is 2.56. The molecule has 1 atom stereocenters. The summed E-state index contributed by atoms with van der Waals surface area (Å²) in [6.45, 7) is 1.13. The van der Waals surface area contributed by atoms with Crippen LogP contribution in [-0.4, -0.2) is 19.3 Å². The highest BCUT2D eigenvalue weighted by Gasteiger charge is 2.61. The molecule has 0 aromatic heterocycles. The summed E-state index contributed by atoms with van der Waals surface area (Å²) in [6.07, 6.45) is -2.87. The minimum absolute atomic E-state index is 0.338. The van der Waals surface area contributed by atoms with Crippen LogP contribution >= 0.6 is 0 Å². The van der Waals surface area contributed by atoms with Crippen LogP contribution in [0.2, 0.25) is 0 Å². The van der Waals surface area contributed by atoms with Crippen LogP contribution in [0.4, 0.5) is 13.2 Å². The van der Waals surface area contributed by atoms with E-state index >= 15 is 0 Å². The SMILES string of the molecule is FC(F)(F)C1CCC12CNC2. The fourth-order valence-corrected chi connectivity index (χ4v) is 2.08. The van der Waals surface area contributed by atoms with E-state index in [1.807, 2.05) is 0 Å². The van der Waals surface area contributed by atoms with Crippen molar-refractivity contribution in [3.8, 4) is 0 Å². The van der Waals surface area contributed by atoms with Gasteiger partial charge in [-0.2, -0.15) is 13.2 Å². The Kier molecular flexibility index (Phi) is 1.29. The van der Waals surface area contributed by atoms with Crippen LogP contribution in [0.5, 0.6) is 0 Å². The van der Waals surface area contributed by atoms with E-state index in [9.17, 15) is 13.2 Å². The lowest BCUT2D eigenvalue weighted by atomic mass is 9.56. The van der Waals surface area contributed by atoms with Crippen molar-refractivity contribution >= 4 is 0 Å². The summed E-state index contributed by atoms with van der Waals surface area (Å²) >= 11 is 0. The zero-order chi connectivity index (χ0) is 8.11. The number of alkyl halides is 3. The lowest BCUT2D eigenvalue weighted by molar-refractivity contribution is -0.250. The third-order valence-corrected chi connectivity index (χ3v) is 3.02. The van der Waals surface area contributed by atoms with E-state index in [0.29, 0.717) is 19.5 Å². The summed E-state index contributed by atoms with van der Waals surface area (Å²) in [5, 5.41) is 2.91. The summed E-state index contributed by atoms with van der Waals surface area (Å²) in [5.74, 6) is -1.02. The molecule has 0 radical (unpaired) electrons. The Morgan fingerprint density at radius 3 is 2.00 bits per heavy atom. The van der Waals surface area contributed by atoms with Crippen molar-refractivity contribution < 1.29 is 13.2 Å². The van der Waals surface area contributed by atoms with Gasteiger partial charge in [0.05, 0.1) is 5.92 Å². The molecular weight excluding hydrogens is 155 g/mol. The molecule has 1 heterocycles. The molecule has 1 saturated heterocycles. The Morgan fingerprint density at radius 2 is 1.91 bits per heavy atom. The van der Waals surface area contributed by atoms with Crippen LogP contribution in [-0.2, 0) is 0 Å². The Balaban J connectivity index is 2.06. The second kappa shape index (κ2) is 1.91. The lowest BCUT2D eigenvalue weighted by Crippen LogP contribution is -2.65. The first-order valence-corrected chi connectivity index (χ1v) is 3.82. The van der Waals surface area contributed by atoms with Crippen LogP contribution in [0.1, 0.15) is 12.8 Å². The number of rotatable bonds is 0. The van der Waals surface area contributed by atoms with Crippen molar-refractivity contribution in [2.24, 2.45) is 11.3 Å². The molecule has 4 heteroatoms. The van der Waals surface area contributed by atoms with Crippen LogP contribution < -0.4 is 5.32 Å². The maximum absolute atomic E-state index is 12.2. The number of halogens is 3. The summed E-state index contributed by atoms with van der Waals surface area (Å²) < 4.78 is 36.6. The zero-order valence-corrected chi connectivity index (χ0v) is 6.04. The standard InChI is InChI=1S/C7H10F3N/c8-7(9,10)5-1-2-6(5)3-11-4-6/h5,11H,1-4H2. The van der Waals surface area contributed by atoms with Gasteiger partial charge in [0.25, 0.3) is 0 Å². The number of hydrogen-bond acceptors (Lipinski definition) is 1. The molecule has 0 aromatic rings. The van der Waals surface area contributed by atoms with Gasteiger partial charge in [0.1, 0.15) is 0 Å². The predicted octanol–water partition coefficient (Wildman–Crippen LogP) is 1.55. The molecule has 11 heavy (non-hydrogen) atoms. The largest absolute Gasteiger partial charge is 0.392 e. The normalized spacial score (nSPS) is 34.6. The maximum Gasteiger partial charge on any atom is 0.392 e. The summed E-state index contributed by atoms with van der Waals surface area (Å²) in [5.41, 5.74) is -0.391. The van der Waals surface area contributed by atoms with Gasteiger partial charge in [-0.3, -0.25) is 0 Å². The molecule has 0 amide bonds. The quantitative estimate of drug-likeness (QED) is 0.574. The van der Waals surface area contributed by atoms with E-state index in [-0.39, 0.29) is 0 Å². The number of nitrogens with one attached hydrogen (secondary N) is 1. The van der Waals surface area contributed by atoms with Gasteiger partial charge in [-0.1, -0.05) is 0 Å². The highest BCUT2D eigenvalue weighted by atomic mass is 19.4. The predicted molar refractivity (Wildman–Crippen MR) is 34.1 cm³/mol. The topological polar surface area (TPSA) is 12.0 Å². The van der Waals surface area contributed by atoms with Crippen molar-refractivity contribution in [1.29, 1.82) is 0 Å². The van der Waals surface area contributed by atoms with E-state index in [0.717, 1.165) is 6.42 Å². The van der Waals surface area contributed by atoms with Crippen LogP contribution in [0, 0.1) is 11.3 Å². The average molecular weight is 165 g/mol. The first kappa shape index (κ1) is 7.40. The molecule has 1 aliphatic carbocycles. The molecule has 2 aliphatic rings. The van der Waals surface area contributed by atoms with Crippen molar-refractivity contribution in [3.05, 3.63) is 0 Å². The minimum Gasteiger partial charge on any atom is -0.315 e. The average Bonchev–Trinajstić information content (AvgIpc) is 1.49. The van der Waals surface area contributed by atoms with E-state index < -0.39 is 17.5 Å². The van der Waals surface area contributed by atoms with E-state index in [2.05, 4.69) is 5.32 Å².